The van der Waals surface area contributed by atoms with Crippen molar-refractivity contribution < 1.29 is 0 Å². The minimum Gasteiger partial charge on any atom is -0.300 e. The maximum absolute atomic E-state index is 2.66. The highest BCUT2D eigenvalue weighted by Gasteiger charge is 2.26. The Morgan fingerprint density at radius 1 is 1.15 bits per heavy atom. The van der Waals surface area contributed by atoms with Crippen molar-refractivity contribution in [1.29, 1.82) is 0 Å². The zero-order chi connectivity index (χ0) is 14.5. The Labute approximate surface area is 124 Å². The van der Waals surface area contributed by atoms with Gasteiger partial charge in [-0.2, -0.15) is 0 Å². The van der Waals surface area contributed by atoms with Crippen molar-refractivity contribution in [2.45, 2.75) is 52.1 Å². The molecule has 2 nitrogen and oxygen atoms in total. The third kappa shape index (κ3) is 3.83. The van der Waals surface area contributed by atoms with E-state index in [4.69, 9.17) is 0 Å². The van der Waals surface area contributed by atoms with Crippen LogP contribution in [0, 0.1) is 0 Å². The van der Waals surface area contributed by atoms with Crippen LogP contribution in [0.2, 0.25) is 0 Å². The fraction of sp³-hybridized carbons (Fsp3) is 0.667. The van der Waals surface area contributed by atoms with Crippen molar-refractivity contribution >= 4 is 0 Å². The molecule has 2 rings (SSSR count). The second-order valence-corrected chi connectivity index (χ2v) is 6.46. The van der Waals surface area contributed by atoms with Gasteiger partial charge in [0.2, 0.25) is 0 Å². The van der Waals surface area contributed by atoms with E-state index in [0.717, 1.165) is 0 Å². The Morgan fingerprint density at radius 3 is 2.40 bits per heavy atom. The van der Waals surface area contributed by atoms with Crippen molar-refractivity contribution in [3.63, 3.8) is 0 Å². The number of nitrogens with zero attached hydrogens (tertiary/aromatic N) is 2. The minimum absolute atomic E-state index is 0.670. The van der Waals surface area contributed by atoms with Gasteiger partial charge in [-0.1, -0.05) is 37.3 Å². The Kier molecular flexibility index (Phi) is 5.62. The number of benzene rings is 1. The van der Waals surface area contributed by atoms with Crippen LogP contribution in [0.4, 0.5) is 0 Å². The third-order valence-corrected chi connectivity index (χ3v) is 4.67. The summed E-state index contributed by atoms with van der Waals surface area (Å²) >= 11 is 0. The molecule has 1 aromatic rings. The molecule has 112 valence electrons. The molecule has 0 amide bonds. The topological polar surface area (TPSA) is 6.48 Å². The molecule has 20 heavy (non-hydrogen) atoms. The maximum atomic E-state index is 2.66. The summed E-state index contributed by atoms with van der Waals surface area (Å²) in [6, 6.07) is 12.3. The van der Waals surface area contributed by atoms with Gasteiger partial charge in [-0.25, -0.2) is 0 Å². The smallest absolute Gasteiger partial charge is 0.0198 e. The standard InChI is InChI=1S/C18H30N2/c1-5-17(18-9-7-6-8-10-18)14-19-11-12-20(15(2)3)16(4)13-19/h6-10,15-17H,5,11-14H2,1-4H3/t16-,17+/m0/s1. The highest BCUT2D eigenvalue weighted by atomic mass is 15.3. The van der Waals surface area contributed by atoms with E-state index in [2.05, 4.69) is 67.8 Å². The van der Waals surface area contributed by atoms with E-state index in [1.807, 2.05) is 0 Å². The fourth-order valence-corrected chi connectivity index (χ4v) is 3.49. The lowest BCUT2D eigenvalue weighted by Gasteiger charge is -2.43. The number of piperazine rings is 1. The Hall–Kier alpha value is -0.860. The van der Waals surface area contributed by atoms with Gasteiger partial charge in [0.05, 0.1) is 0 Å². The van der Waals surface area contributed by atoms with E-state index < -0.39 is 0 Å². The van der Waals surface area contributed by atoms with Crippen molar-refractivity contribution in [3.05, 3.63) is 35.9 Å². The molecule has 0 unspecified atom stereocenters. The third-order valence-electron chi connectivity index (χ3n) is 4.67. The molecule has 2 heteroatoms. The van der Waals surface area contributed by atoms with Crippen LogP contribution in [0.15, 0.2) is 30.3 Å². The van der Waals surface area contributed by atoms with Crippen molar-refractivity contribution in [2.75, 3.05) is 26.2 Å². The monoisotopic (exact) mass is 274 g/mol. The molecule has 1 aromatic carbocycles. The second kappa shape index (κ2) is 7.24. The van der Waals surface area contributed by atoms with Gasteiger partial charge in [-0.3, -0.25) is 9.80 Å². The predicted molar refractivity (Wildman–Crippen MR) is 87.2 cm³/mol. The van der Waals surface area contributed by atoms with Crippen molar-refractivity contribution in [2.24, 2.45) is 0 Å². The zero-order valence-electron chi connectivity index (χ0n) is 13.5. The second-order valence-electron chi connectivity index (χ2n) is 6.46. The van der Waals surface area contributed by atoms with Crippen LogP contribution in [-0.4, -0.2) is 48.1 Å². The molecular formula is C18H30N2. The molecule has 0 radical (unpaired) electrons. The lowest BCUT2D eigenvalue weighted by molar-refractivity contribution is 0.0568. The summed E-state index contributed by atoms with van der Waals surface area (Å²) in [5, 5.41) is 0. The number of rotatable bonds is 5. The van der Waals surface area contributed by atoms with Crippen LogP contribution >= 0.6 is 0 Å². The summed E-state index contributed by atoms with van der Waals surface area (Å²) in [6.07, 6.45) is 1.22. The predicted octanol–water partition coefficient (Wildman–Crippen LogP) is 3.59. The van der Waals surface area contributed by atoms with Gasteiger partial charge >= 0.3 is 0 Å². The Bertz CT molecular complexity index is 388. The lowest BCUT2D eigenvalue weighted by Crippen LogP contribution is -2.54. The van der Waals surface area contributed by atoms with E-state index in [1.54, 1.807) is 0 Å². The lowest BCUT2D eigenvalue weighted by atomic mass is 9.95. The van der Waals surface area contributed by atoms with E-state index in [0.29, 0.717) is 18.0 Å². The number of hydrogen-bond acceptors (Lipinski definition) is 2. The van der Waals surface area contributed by atoms with Gasteiger partial charge in [0, 0.05) is 38.3 Å². The summed E-state index contributed by atoms with van der Waals surface area (Å²) in [7, 11) is 0. The molecule has 0 spiro atoms. The molecule has 1 fully saturated rings. The minimum atomic E-state index is 0.670. The average Bonchev–Trinajstić information content (AvgIpc) is 2.45. The van der Waals surface area contributed by atoms with Gasteiger partial charge < -0.3 is 0 Å². The summed E-state index contributed by atoms with van der Waals surface area (Å²) in [4.78, 5) is 5.28. The van der Waals surface area contributed by atoms with Gasteiger partial charge in [-0.05, 0) is 38.7 Å². The highest BCUT2D eigenvalue weighted by Crippen LogP contribution is 2.22. The van der Waals surface area contributed by atoms with Gasteiger partial charge in [0.15, 0.2) is 0 Å². The van der Waals surface area contributed by atoms with Crippen molar-refractivity contribution in [1.82, 2.24) is 9.80 Å². The molecule has 1 aliphatic rings. The Morgan fingerprint density at radius 2 is 1.85 bits per heavy atom. The molecular weight excluding hydrogens is 244 g/mol. The molecule has 0 saturated carbocycles. The summed E-state index contributed by atoms with van der Waals surface area (Å²) in [5.74, 6) is 0.675. The zero-order valence-corrected chi connectivity index (χ0v) is 13.5. The van der Waals surface area contributed by atoms with Crippen LogP contribution in [0.25, 0.3) is 0 Å². The summed E-state index contributed by atoms with van der Waals surface area (Å²) < 4.78 is 0. The van der Waals surface area contributed by atoms with Crippen LogP contribution < -0.4 is 0 Å². The molecule has 0 aliphatic carbocycles. The number of hydrogen-bond donors (Lipinski definition) is 0. The van der Waals surface area contributed by atoms with E-state index >= 15 is 0 Å². The summed E-state index contributed by atoms with van der Waals surface area (Å²) in [6.45, 7) is 14.1. The molecule has 0 bridgehead atoms. The van der Waals surface area contributed by atoms with Gasteiger partial charge in [0.25, 0.3) is 0 Å². The SMILES string of the molecule is CC[C@H](CN1CCN(C(C)C)[C@@H](C)C1)c1ccccc1. The normalized spacial score (nSPS) is 23.1. The van der Waals surface area contributed by atoms with Crippen LogP contribution in [-0.2, 0) is 0 Å². The largest absolute Gasteiger partial charge is 0.300 e. The highest BCUT2D eigenvalue weighted by molar-refractivity contribution is 5.19. The first kappa shape index (κ1) is 15.5. The fourth-order valence-electron chi connectivity index (χ4n) is 3.49. The molecule has 1 heterocycles. The van der Waals surface area contributed by atoms with Crippen molar-refractivity contribution in [3.8, 4) is 0 Å². The van der Waals surface area contributed by atoms with Gasteiger partial charge in [0.1, 0.15) is 0 Å². The first-order valence-corrected chi connectivity index (χ1v) is 8.14. The molecule has 0 N–H and O–H groups in total. The first-order chi connectivity index (χ1) is 9.61. The van der Waals surface area contributed by atoms with E-state index in [1.165, 1.54) is 38.2 Å². The van der Waals surface area contributed by atoms with E-state index in [-0.39, 0.29) is 0 Å². The molecule has 1 aliphatic heterocycles. The first-order valence-electron chi connectivity index (χ1n) is 8.14. The molecule has 1 saturated heterocycles. The maximum Gasteiger partial charge on any atom is 0.0198 e. The van der Waals surface area contributed by atoms with Gasteiger partial charge in [-0.15, -0.1) is 0 Å². The van der Waals surface area contributed by atoms with Crippen LogP contribution in [0.3, 0.4) is 0 Å². The van der Waals surface area contributed by atoms with Crippen LogP contribution in [0.1, 0.15) is 45.6 Å². The summed E-state index contributed by atoms with van der Waals surface area (Å²) in [5.41, 5.74) is 1.49. The Balaban J connectivity index is 1.93. The molecule has 2 atom stereocenters. The quantitative estimate of drug-likeness (QED) is 0.809. The van der Waals surface area contributed by atoms with E-state index in [9.17, 15) is 0 Å². The average molecular weight is 274 g/mol. The molecule has 0 aromatic heterocycles. The van der Waals surface area contributed by atoms with Crippen LogP contribution in [0.5, 0.6) is 0 Å².